The Balaban J connectivity index is 5.18. The fourth-order valence-corrected chi connectivity index (χ4v) is 14.9. The van der Waals surface area contributed by atoms with Crippen molar-refractivity contribution in [2.24, 2.45) is 5.92 Å². The Bertz CT molecular complexity index is 1980. The molecule has 0 radical (unpaired) electrons. The highest BCUT2D eigenvalue weighted by atomic mass is 31.2. The maximum atomic E-state index is 13.1. The zero-order chi connectivity index (χ0) is 76.2. The summed E-state index contributed by atoms with van der Waals surface area (Å²) in [5, 5.41) is 10.7. The third-order valence-corrected chi connectivity index (χ3v) is 21.9. The number of carbonyl (C=O) groups excluding carboxylic acids is 4. The summed E-state index contributed by atoms with van der Waals surface area (Å²) < 4.78 is 68.8. The van der Waals surface area contributed by atoms with Gasteiger partial charge in [-0.05, 0) is 31.6 Å². The molecule has 17 nitrogen and oxygen atoms in total. The summed E-state index contributed by atoms with van der Waals surface area (Å²) in [6, 6.07) is 0. The predicted octanol–water partition coefficient (Wildman–Crippen LogP) is 26.0. The molecule has 3 N–H and O–H groups in total. The third-order valence-electron chi connectivity index (χ3n) is 20.0. The lowest BCUT2D eigenvalue weighted by molar-refractivity contribution is -0.161. The number of aliphatic hydroxyl groups is 1. The summed E-state index contributed by atoms with van der Waals surface area (Å²) in [5.41, 5.74) is 0. The van der Waals surface area contributed by atoms with Crippen LogP contribution in [0.3, 0.4) is 0 Å². The largest absolute Gasteiger partial charge is 0.472 e. The molecule has 0 aromatic carbocycles. The average molecular weight is 1520 g/mol. The van der Waals surface area contributed by atoms with Gasteiger partial charge in [-0.3, -0.25) is 37.3 Å². The smallest absolute Gasteiger partial charge is 0.462 e. The second-order valence-electron chi connectivity index (χ2n) is 31.1. The molecule has 0 amide bonds. The van der Waals surface area contributed by atoms with Crippen LogP contribution in [0.25, 0.3) is 0 Å². The monoisotopic (exact) mass is 1520 g/mol. The van der Waals surface area contributed by atoms with E-state index in [0.29, 0.717) is 25.7 Å². The molecule has 104 heavy (non-hydrogen) atoms. The van der Waals surface area contributed by atoms with Crippen molar-refractivity contribution in [3.63, 3.8) is 0 Å². The minimum Gasteiger partial charge on any atom is -0.462 e. The first-order chi connectivity index (χ1) is 50.5. The zero-order valence-electron chi connectivity index (χ0n) is 68.2. The van der Waals surface area contributed by atoms with Gasteiger partial charge in [-0.15, -0.1) is 0 Å². The molecular weight excluding hydrogens is 1350 g/mol. The predicted molar refractivity (Wildman–Crippen MR) is 428 cm³/mol. The van der Waals surface area contributed by atoms with Gasteiger partial charge in [-0.1, -0.05) is 407 Å². The molecule has 2 unspecified atom stereocenters. The van der Waals surface area contributed by atoms with E-state index in [1.807, 2.05) is 0 Å². The molecule has 0 bridgehead atoms. The number of carbonyl (C=O) groups is 4. The van der Waals surface area contributed by atoms with Crippen molar-refractivity contribution < 1.29 is 80.2 Å². The first-order valence-electron chi connectivity index (χ1n) is 44.1. The molecule has 0 aliphatic heterocycles. The first-order valence-corrected chi connectivity index (χ1v) is 47.1. The molecule has 0 aliphatic rings. The van der Waals surface area contributed by atoms with Gasteiger partial charge in [-0.25, -0.2) is 9.13 Å². The van der Waals surface area contributed by atoms with E-state index >= 15 is 0 Å². The normalized spacial score (nSPS) is 13.8. The summed E-state index contributed by atoms with van der Waals surface area (Å²) in [6.45, 7) is 7.35. The summed E-state index contributed by atoms with van der Waals surface area (Å²) in [7, 11) is -9.92. The summed E-state index contributed by atoms with van der Waals surface area (Å²) in [4.78, 5) is 73.1. The Hall–Kier alpha value is -1.94. The standard InChI is InChI=1S/C85H166O17P2/c1-6-9-12-15-18-21-23-25-27-29-31-32-33-35-37-42-46-50-55-60-65-70-85(90)102-81(75-96-83(88)69-64-59-54-49-45-41-36-34-30-28-26-24-22-19-16-13-10-7-2)77-100-104(93,94)98-73-79(86)72-97-103(91,92)99-76-80(74-95-82(87)68-63-58-53-20-17-14-11-8-3)101-84(89)71-66-61-56-51-47-43-39-38-40-44-48-52-57-62-67-78(4)5/h78-81,86H,6-77H2,1-5H3,(H,91,92)(H,93,94)/t79-,80+,81+/m0/s1. The number of aliphatic hydroxyl groups excluding tert-OH is 1. The van der Waals surface area contributed by atoms with Crippen LogP contribution in [0.4, 0.5) is 0 Å². The summed E-state index contributed by atoms with van der Waals surface area (Å²) in [6.07, 6.45) is 71.0. The van der Waals surface area contributed by atoms with Crippen molar-refractivity contribution in [3.05, 3.63) is 0 Å². The number of hydrogen-bond acceptors (Lipinski definition) is 15. The molecule has 19 heteroatoms. The highest BCUT2D eigenvalue weighted by Crippen LogP contribution is 2.45. The van der Waals surface area contributed by atoms with Gasteiger partial charge in [0.1, 0.15) is 19.3 Å². The topological polar surface area (TPSA) is 237 Å². The number of esters is 4. The van der Waals surface area contributed by atoms with E-state index in [0.717, 1.165) is 102 Å². The van der Waals surface area contributed by atoms with Crippen LogP contribution < -0.4 is 0 Å². The lowest BCUT2D eigenvalue weighted by Crippen LogP contribution is -2.30. The molecule has 0 aromatic rings. The molecule has 618 valence electrons. The van der Waals surface area contributed by atoms with E-state index in [2.05, 4.69) is 34.6 Å². The lowest BCUT2D eigenvalue weighted by Gasteiger charge is -2.21. The number of hydrogen-bond donors (Lipinski definition) is 3. The van der Waals surface area contributed by atoms with Crippen molar-refractivity contribution in [2.75, 3.05) is 39.6 Å². The number of phosphoric acid groups is 2. The number of rotatable bonds is 85. The second kappa shape index (κ2) is 77.8. The van der Waals surface area contributed by atoms with Crippen LogP contribution in [-0.4, -0.2) is 96.7 Å². The summed E-state index contributed by atoms with van der Waals surface area (Å²) >= 11 is 0. The van der Waals surface area contributed by atoms with Gasteiger partial charge in [0.05, 0.1) is 26.4 Å². The van der Waals surface area contributed by atoms with Gasteiger partial charge in [0, 0.05) is 25.7 Å². The average Bonchev–Trinajstić information content (AvgIpc) is 0.908. The molecule has 5 atom stereocenters. The Morgan fingerprint density at radius 2 is 0.442 bits per heavy atom. The molecule has 0 aromatic heterocycles. The van der Waals surface area contributed by atoms with E-state index in [1.165, 1.54) is 276 Å². The van der Waals surface area contributed by atoms with Gasteiger partial charge in [0.2, 0.25) is 0 Å². The minimum absolute atomic E-state index is 0.108. The third kappa shape index (κ3) is 78.2. The number of unbranched alkanes of at least 4 members (excludes halogenated alkanes) is 57. The molecule has 0 rings (SSSR count). The van der Waals surface area contributed by atoms with Gasteiger partial charge >= 0.3 is 39.5 Å². The fourth-order valence-electron chi connectivity index (χ4n) is 13.3. The van der Waals surface area contributed by atoms with Gasteiger partial charge in [-0.2, -0.15) is 0 Å². The van der Waals surface area contributed by atoms with Crippen LogP contribution in [0.1, 0.15) is 458 Å². The van der Waals surface area contributed by atoms with Crippen LogP contribution in [0, 0.1) is 5.92 Å². The van der Waals surface area contributed by atoms with Gasteiger partial charge < -0.3 is 33.8 Å². The molecule has 0 saturated carbocycles. The van der Waals surface area contributed by atoms with E-state index in [4.69, 9.17) is 37.0 Å². The molecule has 0 fully saturated rings. The molecule has 0 heterocycles. The van der Waals surface area contributed by atoms with Crippen molar-refractivity contribution in [1.29, 1.82) is 0 Å². The van der Waals surface area contributed by atoms with E-state index < -0.39 is 97.5 Å². The highest BCUT2D eigenvalue weighted by Gasteiger charge is 2.30. The number of ether oxygens (including phenoxy) is 4. The second-order valence-corrected chi connectivity index (χ2v) is 34.0. The quantitative estimate of drug-likeness (QED) is 0.0222. The Kier molecular flexibility index (Phi) is 76.3. The zero-order valence-corrected chi connectivity index (χ0v) is 70.0. The van der Waals surface area contributed by atoms with Crippen LogP contribution in [0.5, 0.6) is 0 Å². The van der Waals surface area contributed by atoms with Crippen LogP contribution >= 0.6 is 15.6 Å². The minimum atomic E-state index is -4.96. The SMILES string of the molecule is CCCCCCCCCCCCCCCCCCCCCCCC(=O)O[C@H](COC(=O)CCCCCCCCCCCCCCCCCCCC)COP(=O)(O)OC[C@@H](O)COP(=O)(O)OC[C@@H](COC(=O)CCCCCCCCCC)OC(=O)CCCCCCCCCCCCCCCCC(C)C. The Morgan fingerprint density at radius 1 is 0.260 bits per heavy atom. The fraction of sp³-hybridized carbons (Fsp3) is 0.953. The van der Waals surface area contributed by atoms with E-state index in [-0.39, 0.29) is 25.7 Å². The van der Waals surface area contributed by atoms with Crippen molar-refractivity contribution >= 4 is 39.5 Å². The maximum absolute atomic E-state index is 13.1. The summed E-state index contributed by atoms with van der Waals surface area (Å²) in [5.74, 6) is -1.31. The Morgan fingerprint density at radius 3 is 0.654 bits per heavy atom. The first kappa shape index (κ1) is 102. The van der Waals surface area contributed by atoms with Crippen molar-refractivity contribution in [3.8, 4) is 0 Å². The van der Waals surface area contributed by atoms with Gasteiger partial charge in [0.25, 0.3) is 0 Å². The molecule has 0 saturated heterocycles. The van der Waals surface area contributed by atoms with Crippen LogP contribution in [0.2, 0.25) is 0 Å². The van der Waals surface area contributed by atoms with Gasteiger partial charge in [0.15, 0.2) is 12.2 Å². The lowest BCUT2D eigenvalue weighted by atomic mass is 10.0. The highest BCUT2D eigenvalue weighted by molar-refractivity contribution is 7.47. The Labute approximate surface area is 638 Å². The van der Waals surface area contributed by atoms with E-state index in [1.54, 1.807) is 0 Å². The van der Waals surface area contributed by atoms with Crippen LogP contribution in [0.15, 0.2) is 0 Å². The molecule has 0 aliphatic carbocycles. The number of phosphoric ester groups is 2. The van der Waals surface area contributed by atoms with Crippen LogP contribution in [-0.2, 0) is 65.4 Å². The molecular formula is C85H166O17P2. The van der Waals surface area contributed by atoms with Crippen molar-refractivity contribution in [1.82, 2.24) is 0 Å². The van der Waals surface area contributed by atoms with Crippen molar-refractivity contribution in [2.45, 2.75) is 477 Å². The van der Waals surface area contributed by atoms with E-state index in [9.17, 15) is 43.2 Å². The molecule has 0 spiro atoms. The maximum Gasteiger partial charge on any atom is 0.472 e.